The van der Waals surface area contributed by atoms with Crippen molar-refractivity contribution in [2.45, 2.75) is 44.5 Å². The van der Waals surface area contributed by atoms with Gasteiger partial charge in [0.2, 0.25) is 0 Å². The fourth-order valence-corrected chi connectivity index (χ4v) is 4.58. The summed E-state index contributed by atoms with van der Waals surface area (Å²) >= 11 is 0. The van der Waals surface area contributed by atoms with Gasteiger partial charge in [-0.1, -0.05) is 31.0 Å². The van der Waals surface area contributed by atoms with Gasteiger partial charge in [0.05, 0.1) is 18.2 Å². The monoisotopic (exact) mass is 501 g/mol. The van der Waals surface area contributed by atoms with Crippen LogP contribution in [0.5, 0.6) is 11.5 Å². The predicted molar refractivity (Wildman–Crippen MR) is 127 cm³/mol. The van der Waals surface area contributed by atoms with Crippen molar-refractivity contribution in [3.05, 3.63) is 71.3 Å². The molecule has 0 bridgehead atoms. The average Bonchev–Trinajstić information content (AvgIpc) is 3.39. The molecule has 0 saturated heterocycles. The normalized spacial score (nSPS) is 15.0. The molecule has 0 radical (unpaired) electrons. The number of hydrogen-bond donors (Lipinski definition) is 2. The molecule has 0 unspecified atom stereocenters. The highest BCUT2D eigenvalue weighted by atomic mass is 19.4. The number of nitrogens with one attached hydrogen (secondary N) is 1. The quantitative estimate of drug-likeness (QED) is 0.406. The van der Waals surface area contributed by atoms with E-state index in [9.17, 15) is 27.9 Å². The number of hydrogen-bond acceptors (Lipinski definition) is 4. The molecule has 0 spiro atoms. The van der Waals surface area contributed by atoms with Gasteiger partial charge in [-0.3, -0.25) is 4.79 Å². The fraction of sp³-hybridized carbons (Fsp3) is 0.333. The fourth-order valence-electron chi connectivity index (χ4n) is 4.58. The second-order valence-electron chi connectivity index (χ2n) is 8.85. The molecular formula is C27H26F3NO5. The average molecular weight is 502 g/mol. The van der Waals surface area contributed by atoms with Crippen LogP contribution in [0.2, 0.25) is 0 Å². The van der Waals surface area contributed by atoms with Crippen molar-refractivity contribution in [1.82, 2.24) is 5.32 Å². The largest absolute Gasteiger partial charge is 0.497 e. The smallest absolute Gasteiger partial charge is 0.416 e. The number of benzene rings is 3. The number of carbonyl (C=O) groups is 2. The van der Waals surface area contributed by atoms with Gasteiger partial charge in [0.1, 0.15) is 24.1 Å². The van der Waals surface area contributed by atoms with Gasteiger partial charge in [0.15, 0.2) is 0 Å². The van der Waals surface area contributed by atoms with Crippen molar-refractivity contribution in [3.63, 3.8) is 0 Å². The van der Waals surface area contributed by atoms with Crippen LogP contribution in [0.3, 0.4) is 0 Å². The Balaban J connectivity index is 1.65. The summed E-state index contributed by atoms with van der Waals surface area (Å²) in [6.07, 6.45) is -1.15. The van der Waals surface area contributed by atoms with Crippen LogP contribution >= 0.6 is 0 Å². The Kier molecular flexibility index (Phi) is 7.37. The first kappa shape index (κ1) is 25.3. The lowest BCUT2D eigenvalue weighted by molar-refractivity contribution is -0.140. The Morgan fingerprint density at radius 3 is 2.36 bits per heavy atom. The molecule has 6 nitrogen and oxygen atoms in total. The van der Waals surface area contributed by atoms with E-state index in [4.69, 9.17) is 9.47 Å². The minimum Gasteiger partial charge on any atom is -0.497 e. The van der Waals surface area contributed by atoms with E-state index in [0.29, 0.717) is 16.7 Å². The van der Waals surface area contributed by atoms with Crippen LogP contribution in [-0.2, 0) is 17.6 Å². The van der Waals surface area contributed by atoms with E-state index in [1.54, 1.807) is 30.3 Å². The molecule has 0 aliphatic heterocycles. The maximum Gasteiger partial charge on any atom is 0.416 e. The van der Waals surface area contributed by atoms with Gasteiger partial charge in [-0.2, -0.15) is 13.2 Å². The highest BCUT2D eigenvalue weighted by molar-refractivity contribution is 6.05. The Morgan fingerprint density at radius 2 is 1.75 bits per heavy atom. The summed E-state index contributed by atoms with van der Waals surface area (Å²) in [7, 11) is 1.53. The molecule has 3 aromatic rings. The van der Waals surface area contributed by atoms with Crippen molar-refractivity contribution >= 4 is 22.6 Å². The molecular weight excluding hydrogens is 475 g/mol. The van der Waals surface area contributed by atoms with Crippen LogP contribution in [0.1, 0.15) is 47.2 Å². The summed E-state index contributed by atoms with van der Waals surface area (Å²) in [5.74, 6) is -1.02. The lowest BCUT2D eigenvalue weighted by Gasteiger charge is -2.22. The number of rotatable bonds is 8. The minimum absolute atomic E-state index is 0.0887. The van der Waals surface area contributed by atoms with Crippen LogP contribution < -0.4 is 14.8 Å². The molecule has 1 fully saturated rings. The summed E-state index contributed by atoms with van der Waals surface area (Å²) in [4.78, 5) is 25.2. The number of methoxy groups -OCH3 is 1. The van der Waals surface area contributed by atoms with Crippen LogP contribution in [-0.4, -0.2) is 30.1 Å². The molecule has 2 N–H and O–H groups in total. The first-order valence-corrected chi connectivity index (χ1v) is 11.6. The zero-order chi connectivity index (χ0) is 25.9. The topological polar surface area (TPSA) is 84.9 Å². The maximum atomic E-state index is 13.3. The number of amides is 1. The Bertz CT molecular complexity index is 1250. The third kappa shape index (κ3) is 5.56. The van der Waals surface area contributed by atoms with Crippen LogP contribution in [0, 0.1) is 5.92 Å². The van der Waals surface area contributed by atoms with Crippen molar-refractivity contribution < 1.29 is 37.3 Å². The molecule has 0 aromatic heterocycles. The molecule has 1 aliphatic rings. The summed E-state index contributed by atoms with van der Waals surface area (Å²) in [5, 5.41) is 13.7. The Hall–Kier alpha value is -3.75. The van der Waals surface area contributed by atoms with E-state index in [-0.39, 0.29) is 23.8 Å². The first-order chi connectivity index (χ1) is 17.2. The molecule has 1 atom stereocenters. The number of fused-ring (bicyclic) bond motifs is 1. The molecule has 0 heterocycles. The molecule has 3 aromatic carbocycles. The molecule has 36 heavy (non-hydrogen) atoms. The summed E-state index contributed by atoms with van der Waals surface area (Å²) in [5.41, 5.74) is -0.145. The standard InChI is InChI=1S/C27H26F3NO5/c1-35-20-11-13-21-18(14-20)8-12-22(25(32)31-23(26(33)34)17-4-2-3-5-17)24(21)36-15-16-6-9-19(10-7-16)27(28,29)30/h6-14,17,23H,2-5,15H2,1H3,(H,31,32)(H,33,34)/t23-/m0/s1. The van der Waals surface area contributed by atoms with E-state index < -0.39 is 29.7 Å². The molecule has 4 rings (SSSR count). The molecule has 1 amide bonds. The van der Waals surface area contributed by atoms with Gasteiger partial charge < -0.3 is 19.9 Å². The predicted octanol–water partition coefficient (Wildman–Crippen LogP) is 5.82. The summed E-state index contributed by atoms with van der Waals surface area (Å²) in [6, 6.07) is 12.0. The van der Waals surface area contributed by atoms with Crippen molar-refractivity contribution in [3.8, 4) is 11.5 Å². The number of carbonyl (C=O) groups excluding carboxylic acids is 1. The number of carboxylic acids is 1. The lowest BCUT2D eigenvalue weighted by Crippen LogP contribution is -2.45. The van der Waals surface area contributed by atoms with E-state index in [0.717, 1.165) is 43.2 Å². The first-order valence-electron chi connectivity index (χ1n) is 11.6. The zero-order valence-corrected chi connectivity index (χ0v) is 19.6. The summed E-state index contributed by atoms with van der Waals surface area (Å²) < 4.78 is 49.9. The number of ether oxygens (including phenoxy) is 2. The lowest BCUT2D eigenvalue weighted by atomic mass is 9.97. The third-order valence-electron chi connectivity index (χ3n) is 6.51. The maximum absolute atomic E-state index is 13.3. The number of aliphatic carboxylic acids is 1. The van der Waals surface area contributed by atoms with Crippen LogP contribution in [0.15, 0.2) is 54.6 Å². The van der Waals surface area contributed by atoms with Crippen molar-refractivity contribution in [2.75, 3.05) is 7.11 Å². The van der Waals surface area contributed by atoms with Gasteiger partial charge in [0.25, 0.3) is 5.91 Å². The second kappa shape index (κ2) is 10.5. The van der Waals surface area contributed by atoms with E-state index in [1.165, 1.54) is 19.2 Å². The van der Waals surface area contributed by atoms with Gasteiger partial charge in [-0.05, 0) is 66.1 Å². The van der Waals surface area contributed by atoms with Gasteiger partial charge in [0, 0.05) is 5.39 Å². The van der Waals surface area contributed by atoms with E-state index >= 15 is 0 Å². The third-order valence-corrected chi connectivity index (χ3v) is 6.51. The minimum atomic E-state index is -4.45. The van der Waals surface area contributed by atoms with Gasteiger partial charge >= 0.3 is 12.1 Å². The SMILES string of the molecule is COc1ccc2c(OCc3ccc(C(F)(F)F)cc3)c(C(=O)N[C@H](C(=O)O)C3CCCC3)ccc2c1. The van der Waals surface area contributed by atoms with E-state index in [2.05, 4.69) is 5.32 Å². The molecule has 190 valence electrons. The van der Waals surface area contributed by atoms with Gasteiger partial charge in [-0.15, -0.1) is 0 Å². The zero-order valence-electron chi connectivity index (χ0n) is 19.6. The summed E-state index contributed by atoms with van der Waals surface area (Å²) in [6.45, 7) is -0.0887. The van der Waals surface area contributed by atoms with Crippen molar-refractivity contribution in [1.29, 1.82) is 0 Å². The molecule has 1 saturated carbocycles. The number of carboxylic acid groups (broad SMARTS) is 1. The molecule has 9 heteroatoms. The van der Waals surface area contributed by atoms with Crippen LogP contribution in [0.25, 0.3) is 10.8 Å². The second-order valence-corrected chi connectivity index (χ2v) is 8.85. The number of alkyl halides is 3. The highest BCUT2D eigenvalue weighted by Crippen LogP contribution is 2.34. The Labute approximate surface area is 206 Å². The van der Waals surface area contributed by atoms with Crippen molar-refractivity contribution in [2.24, 2.45) is 5.92 Å². The van der Waals surface area contributed by atoms with Gasteiger partial charge in [-0.25, -0.2) is 4.79 Å². The highest BCUT2D eigenvalue weighted by Gasteiger charge is 2.33. The molecule has 1 aliphatic carbocycles. The number of halogens is 3. The van der Waals surface area contributed by atoms with E-state index in [1.807, 2.05) is 0 Å². The Morgan fingerprint density at radius 1 is 1.06 bits per heavy atom. The van der Waals surface area contributed by atoms with Crippen LogP contribution in [0.4, 0.5) is 13.2 Å².